The molecule has 1 rings (SSSR count). The molecular formula is C12H17NO4. The number of carboxylic acids is 1. The SMILES string of the molecule is CC(O)CNCCOc1ccccc1C(=O)O. The van der Waals surface area contributed by atoms with Crippen LogP contribution in [0.3, 0.4) is 0 Å². The molecule has 0 bridgehead atoms. The van der Waals surface area contributed by atoms with Crippen LogP contribution in [-0.2, 0) is 0 Å². The van der Waals surface area contributed by atoms with Gasteiger partial charge < -0.3 is 20.3 Å². The molecule has 0 amide bonds. The third-order valence-corrected chi connectivity index (χ3v) is 2.09. The molecule has 1 unspecified atom stereocenters. The maximum absolute atomic E-state index is 10.9. The summed E-state index contributed by atoms with van der Waals surface area (Å²) in [6.07, 6.45) is -0.402. The fourth-order valence-electron chi connectivity index (χ4n) is 1.31. The number of ether oxygens (including phenoxy) is 1. The van der Waals surface area contributed by atoms with E-state index in [1.807, 2.05) is 0 Å². The van der Waals surface area contributed by atoms with Gasteiger partial charge in [-0.1, -0.05) is 12.1 Å². The molecule has 5 nitrogen and oxygen atoms in total. The fraction of sp³-hybridized carbons (Fsp3) is 0.417. The summed E-state index contributed by atoms with van der Waals surface area (Å²) < 4.78 is 5.36. The standard InChI is InChI=1S/C12H17NO4/c1-9(14)8-13-6-7-17-11-5-3-2-4-10(11)12(15)16/h2-5,9,13-14H,6-8H2,1H3,(H,15,16). The van der Waals surface area contributed by atoms with Crippen LogP contribution in [0.25, 0.3) is 0 Å². The number of hydrogen-bond donors (Lipinski definition) is 3. The van der Waals surface area contributed by atoms with Crippen molar-refractivity contribution < 1.29 is 19.7 Å². The predicted octanol–water partition coefficient (Wildman–Crippen LogP) is 0.734. The molecule has 94 valence electrons. The van der Waals surface area contributed by atoms with Gasteiger partial charge in [0.1, 0.15) is 17.9 Å². The molecular weight excluding hydrogens is 222 g/mol. The summed E-state index contributed by atoms with van der Waals surface area (Å²) in [6, 6.07) is 6.51. The van der Waals surface area contributed by atoms with Crippen LogP contribution >= 0.6 is 0 Å². The second-order valence-electron chi connectivity index (χ2n) is 3.70. The molecule has 1 aromatic carbocycles. The number of carboxylic acid groups (broad SMARTS) is 1. The molecule has 0 spiro atoms. The smallest absolute Gasteiger partial charge is 0.339 e. The summed E-state index contributed by atoms with van der Waals surface area (Å²) in [5.74, 6) is -0.642. The van der Waals surface area contributed by atoms with Crippen LogP contribution < -0.4 is 10.1 Å². The van der Waals surface area contributed by atoms with E-state index in [0.29, 0.717) is 25.4 Å². The molecule has 0 saturated heterocycles. The molecule has 0 aliphatic carbocycles. The van der Waals surface area contributed by atoms with Crippen molar-refractivity contribution in [1.29, 1.82) is 0 Å². The van der Waals surface area contributed by atoms with E-state index >= 15 is 0 Å². The maximum Gasteiger partial charge on any atom is 0.339 e. The summed E-state index contributed by atoms with van der Waals surface area (Å²) in [5, 5.41) is 20.9. The number of benzene rings is 1. The van der Waals surface area contributed by atoms with Gasteiger partial charge in [-0.15, -0.1) is 0 Å². The lowest BCUT2D eigenvalue weighted by Crippen LogP contribution is -2.28. The first-order valence-corrected chi connectivity index (χ1v) is 5.45. The van der Waals surface area contributed by atoms with Gasteiger partial charge in [0, 0.05) is 13.1 Å². The number of aliphatic hydroxyl groups is 1. The van der Waals surface area contributed by atoms with Crippen LogP contribution in [0, 0.1) is 0 Å². The normalized spacial score (nSPS) is 12.1. The first-order chi connectivity index (χ1) is 8.11. The minimum absolute atomic E-state index is 0.156. The van der Waals surface area contributed by atoms with Crippen LogP contribution in [0.5, 0.6) is 5.75 Å². The Kier molecular flexibility index (Phi) is 5.45. The minimum atomic E-state index is -1.00. The first-order valence-electron chi connectivity index (χ1n) is 5.45. The van der Waals surface area contributed by atoms with Gasteiger partial charge in [-0.05, 0) is 19.1 Å². The third kappa shape index (κ3) is 4.84. The van der Waals surface area contributed by atoms with Crippen molar-refractivity contribution >= 4 is 5.97 Å². The Labute approximate surface area is 100 Å². The van der Waals surface area contributed by atoms with E-state index in [-0.39, 0.29) is 5.56 Å². The summed E-state index contributed by atoms with van der Waals surface area (Å²) >= 11 is 0. The Hall–Kier alpha value is -1.59. The van der Waals surface area contributed by atoms with Crippen molar-refractivity contribution in [3.63, 3.8) is 0 Å². The molecule has 0 aromatic heterocycles. The van der Waals surface area contributed by atoms with Gasteiger partial charge in [-0.2, -0.15) is 0 Å². The van der Waals surface area contributed by atoms with Crippen molar-refractivity contribution in [2.45, 2.75) is 13.0 Å². The molecule has 0 fully saturated rings. The van der Waals surface area contributed by atoms with Gasteiger partial charge >= 0.3 is 5.97 Å². The van der Waals surface area contributed by atoms with E-state index in [9.17, 15) is 4.79 Å². The van der Waals surface area contributed by atoms with E-state index < -0.39 is 12.1 Å². The molecule has 1 aromatic rings. The number of carbonyl (C=O) groups is 1. The Morgan fingerprint density at radius 3 is 2.82 bits per heavy atom. The van der Waals surface area contributed by atoms with Gasteiger partial charge in [-0.3, -0.25) is 0 Å². The van der Waals surface area contributed by atoms with Crippen molar-refractivity contribution in [2.75, 3.05) is 19.7 Å². The second kappa shape index (κ2) is 6.88. The van der Waals surface area contributed by atoms with Gasteiger partial charge in [-0.25, -0.2) is 4.79 Å². The minimum Gasteiger partial charge on any atom is -0.491 e. The lowest BCUT2D eigenvalue weighted by molar-refractivity contribution is 0.0692. The number of aliphatic hydroxyl groups excluding tert-OH is 1. The molecule has 3 N–H and O–H groups in total. The van der Waals surface area contributed by atoms with Crippen molar-refractivity contribution in [1.82, 2.24) is 5.32 Å². The van der Waals surface area contributed by atoms with Crippen LogP contribution in [0.4, 0.5) is 0 Å². The topological polar surface area (TPSA) is 78.8 Å². The molecule has 1 atom stereocenters. The van der Waals surface area contributed by atoms with Crippen molar-refractivity contribution in [3.05, 3.63) is 29.8 Å². The Morgan fingerprint density at radius 1 is 1.47 bits per heavy atom. The predicted molar refractivity (Wildman–Crippen MR) is 63.4 cm³/mol. The van der Waals surface area contributed by atoms with Crippen LogP contribution in [-0.4, -0.2) is 42.0 Å². The average molecular weight is 239 g/mol. The Balaban J connectivity index is 2.39. The van der Waals surface area contributed by atoms with Gasteiger partial charge in [0.25, 0.3) is 0 Å². The quantitative estimate of drug-likeness (QED) is 0.611. The van der Waals surface area contributed by atoms with Crippen molar-refractivity contribution in [2.24, 2.45) is 0 Å². The third-order valence-electron chi connectivity index (χ3n) is 2.09. The number of aromatic carboxylic acids is 1. The second-order valence-corrected chi connectivity index (χ2v) is 3.70. The Morgan fingerprint density at radius 2 is 2.18 bits per heavy atom. The molecule has 0 aliphatic rings. The molecule has 0 aliphatic heterocycles. The van der Waals surface area contributed by atoms with Crippen molar-refractivity contribution in [3.8, 4) is 5.75 Å². The fourth-order valence-corrected chi connectivity index (χ4v) is 1.31. The summed E-state index contributed by atoms with van der Waals surface area (Å²) in [6.45, 7) is 3.09. The zero-order valence-electron chi connectivity index (χ0n) is 9.72. The lowest BCUT2D eigenvalue weighted by Gasteiger charge is -2.10. The van der Waals surface area contributed by atoms with E-state index in [4.69, 9.17) is 14.9 Å². The number of para-hydroxylation sites is 1. The van der Waals surface area contributed by atoms with E-state index in [1.165, 1.54) is 6.07 Å². The van der Waals surface area contributed by atoms with E-state index in [0.717, 1.165) is 0 Å². The highest BCUT2D eigenvalue weighted by Gasteiger charge is 2.09. The van der Waals surface area contributed by atoms with Crippen LogP contribution in [0.15, 0.2) is 24.3 Å². The maximum atomic E-state index is 10.9. The monoisotopic (exact) mass is 239 g/mol. The van der Waals surface area contributed by atoms with Gasteiger partial charge in [0.05, 0.1) is 6.10 Å². The largest absolute Gasteiger partial charge is 0.491 e. The van der Waals surface area contributed by atoms with Gasteiger partial charge in [0.2, 0.25) is 0 Å². The molecule has 17 heavy (non-hydrogen) atoms. The molecule has 0 heterocycles. The molecule has 0 radical (unpaired) electrons. The highest BCUT2D eigenvalue weighted by Crippen LogP contribution is 2.17. The average Bonchev–Trinajstić information content (AvgIpc) is 2.28. The highest BCUT2D eigenvalue weighted by atomic mass is 16.5. The number of rotatable bonds is 7. The molecule has 5 heteroatoms. The van der Waals surface area contributed by atoms with Gasteiger partial charge in [0.15, 0.2) is 0 Å². The van der Waals surface area contributed by atoms with E-state index in [2.05, 4.69) is 5.32 Å². The van der Waals surface area contributed by atoms with Crippen LogP contribution in [0.1, 0.15) is 17.3 Å². The Bertz CT molecular complexity index is 365. The number of hydrogen-bond acceptors (Lipinski definition) is 4. The van der Waals surface area contributed by atoms with Crippen LogP contribution in [0.2, 0.25) is 0 Å². The summed E-state index contributed by atoms with van der Waals surface area (Å²) in [5.41, 5.74) is 0.156. The molecule has 0 saturated carbocycles. The van der Waals surface area contributed by atoms with E-state index in [1.54, 1.807) is 25.1 Å². The zero-order valence-corrected chi connectivity index (χ0v) is 9.72. The first kappa shape index (κ1) is 13.5. The zero-order chi connectivity index (χ0) is 12.7. The highest BCUT2D eigenvalue weighted by molar-refractivity contribution is 5.90. The summed E-state index contributed by atoms with van der Waals surface area (Å²) in [7, 11) is 0. The number of nitrogens with one attached hydrogen (secondary N) is 1. The lowest BCUT2D eigenvalue weighted by atomic mass is 10.2. The summed E-state index contributed by atoms with van der Waals surface area (Å²) in [4.78, 5) is 10.9.